The van der Waals surface area contributed by atoms with Gasteiger partial charge in [0, 0.05) is 12.0 Å². The SMILES string of the molecule is CC(C)(CNCc1cc(C(=O)O)co1)c1ccccc1. The summed E-state index contributed by atoms with van der Waals surface area (Å²) < 4.78 is 5.20. The normalized spacial score (nSPS) is 11.5. The van der Waals surface area contributed by atoms with Gasteiger partial charge in [0.15, 0.2) is 0 Å². The zero-order valence-electron chi connectivity index (χ0n) is 11.7. The number of rotatable bonds is 6. The van der Waals surface area contributed by atoms with Crippen molar-refractivity contribution in [2.24, 2.45) is 0 Å². The van der Waals surface area contributed by atoms with E-state index in [0.717, 1.165) is 6.54 Å². The zero-order valence-corrected chi connectivity index (χ0v) is 11.7. The van der Waals surface area contributed by atoms with Crippen LogP contribution in [0.2, 0.25) is 0 Å². The van der Waals surface area contributed by atoms with Crippen LogP contribution in [0.1, 0.15) is 35.5 Å². The molecule has 0 atom stereocenters. The summed E-state index contributed by atoms with van der Waals surface area (Å²) >= 11 is 0. The fraction of sp³-hybridized carbons (Fsp3) is 0.312. The Morgan fingerprint density at radius 2 is 2.00 bits per heavy atom. The van der Waals surface area contributed by atoms with E-state index in [1.807, 2.05) is 18.2 Å². The van der Waals surface area contributed by atoms with Gasteiger partial charge in [0.25, 0.3) is 0 Å². The molecule has 4 nitrogen and oxygen atoms in total. The number of hydrogen-bond donors (Lipinski definition) is 2. The first-order valence-electron chi connectivity index (χ1n) is 6.56. The first-order valence-corrected chi connectivity index (χ1v) is 6.56. The van der Waals surface area contributed by atoms with Gasteiger partial charge in [-0.05, 0) is 11.6 Å². The van der Waals surface area contributed by atoms with Crippen molar-refractivity contribution in [1.29, 1.82) is 0 Å². The van der Waals surface area contributed by atoms with E-state index in [1.165, 1.54) is 11.8 Å². The van der Waals surface area contributed by atoms with Crippen LogP contribution >= 0.6 is 0 Å². The Labute approximate surface area is 118 Å². The Hall–Kier alpha value is -2.07. The maximum atomic E-state index is 10.8. The molecule has 0 spiro atoms. The van der Waals surface area contributed by atoms with Crippen LogP contribution in [0.5, 0.6) is 0 Å². The van der Waals surface area contributed by atoms with Crippen molar-refractivity contribution in [2.75, 3.05) is 6.54 Å². The lowest BCUT2D eigenvalue weighted by Gasteiger charge is -2.25. The van der Waals surface area contributed by atoms with E-state index in [1.54, 1.807) is 6.07 Å². The van der Waals surface area contributed by atoms with Gasteiger partial charge in [-0.25, -0.2) is 4.79 Å². The largest absolute Gasteiger partial charge is 0.478 e. The van der Waals surface area contributed by atoms with E-state index >= 15 is 0 Å². The molecule has 0 saturated carbocycles. The maximum absolute atomic E-state index is 10.8. The molecule has 4 heteroatoms. The summed E-state index contributed by atoms with van der Waals surface area (Å²) in [7, 11) is 0. The van der Waals surface area contributed by atoms with E-state index in [0.29, 0.717) is 12.3 Å². The van der Waals surface area contributed by atoms with Crippen molar-refractivity contribution < 1.29 is 14.3 Å². The van der Waals surface area contributed by atoms with Gasteiger partial charge in [0.1, 0.15) is 12.0 Å². The molecule has 106 valence electrons. The quantitative estimate of drug-likeness (QED) is 0.849. The first kappa shape index (κ1) is 14.3. The number of carboxylic acid groups (broad SMARTS) is 1. The highest BCUT2D eigenvalue weighted by Gasteiger charge is 2.19. The van der Waals surface area contributed by atoms with Crippen molar-refractivity contribution in [3.05, 3.63) is 59.5 Å². The standard InChI is InChI=1S/C16H19NO3/c1-16(2,13-6-4-3-5-7-13)11-17-9-14-8-12(10-20-14)15(18)19/h3-8,10,17H,9,11H2,1-2H3,(H,18,19). The molecular weight excluding hydrogens is 254 g/mol. The molecule has 0 radical (unpaired) electrons. The van der Waals surface area contributed by atoms with Crippen LogP contribution in [0.3, 0.4) is 0 Å². The van der Waals surface area contributed by atoms with Crippen LogP contribution in [0, 0.1) is 0 Å². The van der Waals surface area contributed by atoms with Gasteiger partial charge in [-0.15, -0.1) is 0 Å². The van der Waals surface area contributed by atoms with Crippen molar-refractivity contribution in [3.63, 3.8) is 0 Å². The van der Waals surface area contributed by atoms with Crippen molar-refractivity contribution in [1.82, 2.24) is 5.32 Å². The molecule has 0 fully saturated rings. The summed E-state index contributed by atoms with van der Waals surface area (Å²) in [6.45, 7) is 5.63. The van der Waals surface area contributed by atoms with Crippen molar-refractivity contribution in [2.45, 2.75) is 25.8 Å². The van der Waals surface area contributed by atoms with Gasteiger partial charge < -0.3 is 14.8 Å². The highest BCUT2D eigenvalue weighted by atomic mass is 16.4. The van der Waals surface area contributed by atoms with Gasteiger partial charge in [-0.3, -0.25) is 0 Å². The number of carbonyl (C=O) groups is 1. The third kappa shape index (κ3) is 3.48. The molecule has 2 rings (SSSR count). The predicted octanol–water partition coefficient (Wildman–Crippen LogP) is 3.05. The molecule has 0 aliphatic rings. The van der Waals surface area contributed by atoms with E-state index in [9.17, 15) is 4.79 Å². The summed E-state index contributed by atoms with van der Waals surface area (Å²) in [4.78, 5) is 10.8. The summed E-state index contributed by atoms with van der Waals surface area (Å²) in [5, 5.41) is 12.1. The molecule has 0 aliphatic heterocycles. The van der Waals surface area contributed by atoms with E-state index in [4.69, 9.17) is 9.52 Å². The average molecular weight is 273 g/mol. The van der Waals surface area contributed by atoms with Crippen LogP contribution in [0.4, 0.5) is 0 Å². The van der Waals surface area contributed by atoms with E-state index in [-0.39, 0.29) is 11.0 Å². The second-order valence-electron chi connectivity index (χ2n) is 5.46. The molecule has 2 N–H and O–H groups in total. The van der Waals surface area contributed by atoms with Crippen LogP contribution in [0.25, 0.3) is 0 Å². The van der Waals surface area contributed by atoms with Gasteiger partial charge in [0.2, 0.25) is 0 Å². The van der Waals surface area contributed by atoms with Gasteiger partial charge >= 0.3 is 5.97 Å². The van der Waals surface area contributed by atoms with Crippen LogP contribution in [-0.2, 0) is 12.0 Å². The Kier molecular flexibility index (Phi) is 4.25. The lowest BCUT2D eigenvalue weighted by atomic mass is 9.84. The van der Waals surface area contributed by atoms with Crippen molar-refractivity contribution in [3.8, 4) is 0 Å². The Bertz CT molecular complexity index is 572. The van der Waals surface area contributed by atoms with Gasteiger partial charge in [-0.1, -0.05) is 44.2 Å². The van der Waals surface area contributed by atoms with Gasteiger partial charge in [-0.2, -0.15) is 0 Å². The Morgan fingerprint density at radius 3 is 2.60 bits per heavy atom. The summed E-state index contributed by atoms with van der Waals surface area (Å²) in [5.41, 5.74) is 1.45. The molecule has 20 heavy (non-hydrogen) atoms. The number of furan rings is 1. The topological polar surface area (TPSA) is 62.5 Å². The molecular formula is C16H19NO3. The Morgan fingerprint density at radius 1 is 1.30 bits per heavy atom. The smallest absolute Gasteiger partial charge is 0.338 e. The molecule has 0 bridgehead atoms. The van der Waals surface area contributed by atoms with E-state index < -0.39 is 5.97 Å². The minimum atomic E-state index is -0.968. The van der Waals surface area contributed by atoms with Crippen molar-refractivity contribution >= 4 is 5.97 Å². The second-order valence-corrected chi connectivity index (χ2v) is 5.46. The second kappa shape index (κ2) is 5.92. The first-order chi connectivity index (χ1) is 9.49. The lowest BCUT2D eigenvalue weighted by molar-refractivity contribution is 0.0696. The highest BCUT2D eigenvalue weighted by molar-refractivity contribution is 5.87. The third-order valence-electron chi connectivity index (χ3n) is 3.32. The fourth-order valence-corrected chi connectivity index (χ4v) is 2.08. The molecule has 1 aromatic heterocycles. The minimum absolute atomic E-state index is 0.00345. The highest BCUT2D eigenvalue weighted by Crippen LogP contribution is 2.21. The summed E-state index contributed by atoms with van der Waals surface area (Å²) in [6, 6.07) is 11.8. The molecule has 0 unspecified atom stereocenters. The molecule has 1 aromatic carbocycles. The van der Waals surface area contributed by atoms with E-state index in [2.05, 4.69) is 31.3 Å². The Balaban J connectivity index is 1.90. The average Bonchev–Trinajstić information content (AvgIpc) is 2.89. The predicted molar refractivity (Wildman–Crippen MR) is 76.8 cm³/mol. The minimum Gasteiger partial charge on any atom is -0.478 e. The molecule has 2 aromatic rings. The van der Waals surface area contributed by atoms with Gasteiger partial charge in [0.05, 0.1) is 12.1 Å². The monoisotopic (exact) mass is 273 g/mol. The molecule has 0 aliphatic carbocycles. The molecule has 0 saturated heterocycles. The molecule has 1 heterocycles. The van der Waals surface area contributed by atoms with Crippen LogP contribution in [-0.4, -0.2) is 17.6 Å². The summed E-state index contributed by atoms with van der Waals surface area (Å²) in [6.07, 6.45) is 1.27. The number of carboxylic acids is 1. The number of benzene rings is 1. The maximum Gasteiger partial charge on any atom is 0.338 e. The summed E-state index contributed by atoms with van der Waals surface area (Å²) in [5.74, 6) is -0.337. The molecule has 0 amide bonds. The lowest BCUT2D eigenvalue weighted by Crippen LogP contribution is -2.32. The number of hydrogen-bond acceptors (Lipinski definition) is 3. The van der Waals surface area contributed by atoms with Crippen LogP contribution in [0.15, 0.2) is 47.1 Å². The number of nitrogens with one attached hydrogen (secondary N) is 1. The third-order valence-corrected chi connectivity index (χ3v) is 3.32. The zero-order chi connectivity index (χ0) is 14.6. The van der Waals surface area contributed by atoms with Crippen LogP contribution < -0.4 is 5.32 Å². The number of aromatic carboxylic acids is 1. The fourth-order valence-electron chi connectivity index (χ4n) is 2.08.